The van der Waals surface area contributed by atoms with Crippen molar-refractivity contribution in [1.82, 2.24) is 5.32 Å². The number of ether oxygens (including phenoxy) is 1. The van der Waals surface area contributed by atoms with Crippen molar-refractivity contribution in [2.24, 2.45) is 5.41 Å². The number of rotatable bonds is 2. The van der Waals surface area contributed by atoms with Crippen LogP contribution < -0.4 is 5.32 Å². The van der Waals surface area contributed by atoms with Gasteiger partial charge in [-0.1, -0.05) is 23.7 Å². The van der Waals surface area contributed by atoms with Crippen LogP contribution in [0.5, 0.6) is 0 Å². The predicted molar refractivity (Wildman–Crippen MR) is 76.2 cm³/mol. The molecule has 0 aliphatic carbocycles. The minimum atomic E-state index is -0.561. The maximum Gasteiger partial charge on any atom is 0.312 e. The molecule has 1 aromatic carbocycles. The molecule has 2 rings (SSSR count). The molecule has 1 aromatic rings. The molecule has 0 spiro atoms. The zero-order chi connectivity index (χ0) is 14.1. The lowest BCUT2D eigenvalue weighted by atomic mass is 9.91. The Morgan fingerprint density at radius 2 is 1.95 bits per heavy atom. The number of nitrogens with one attached hydrogen (secondary N) is 1. The standard InChI is InChI=1S/C15H20ClNO2/c1-14(2,3)13(18)19-15(8-9-17-10-15)11-4-6-12(16)7-5-11/h4-7,17H,8-10H2,1-3H3. The predicted octanol–water partition coefficient (Wildman–Crippen LogP) is 3.12. The fraction of sp³-hybridized carbons (Fsp3) is 0.533. The van der Waals surface area contributed by atoms with E-state index in [1.807, 2.05) is 45.0 Å². The van der Waals surface area contributed by atoms with Crippen molar-refractivity contribution < 1.29 is 9.53 Å². The third-order valence-electron chi connectivity index (χ3n) is 3.39. The highest BCUT2D eigenvalue weighted by Crippen LogP contribution is 2.35. The van der Waals surface area contributed by atoms with Gasteiger partial charge in [-0.2, -0.15) is 0 Å². The van der Waals surface area contributed by atoms with Crippen molar-refractivity contribution in [1.29, 1.82) is 0 Å². The van der Waals surface area contributed by atoms with Gasteiger partial charge < -0.3 is 10.1 Å². The minimum Gasteiger partial charge on any atom is -0.452 e. The summed E-state index contributed by atoms with van der Waals surface area (Å²) < 4.78 is 5.84. The highest BCUT2D eigenvalue weighted by molar-refractivity contribution is 6.30. The molecule has 0 amide bonds. The molecule has 0 saturated carbocycles. The van der Waals surface area contributed by atoms with Gasteiger partial charge in [0.2, 0.25) is 0 Å². The van der Waals surface area contributed by atoms with Crippen molar-refractivity contribution in [3.8, 4) is 0 Å². The van der Waals surface area contributed by atoms with Crippen LogP contribution in [0.4, 0.5) is 0 Å². The lowest BCUT2D eigenvalue weighted by molar-refractivity contribution is -0.169. The van der Waals surface area contributed by atoms with Crippen LogP contribution in [0.3, 0.4) is 0 Å². The first-order valence-electron chi connectivity index (χ1n) is 6.54. The molecule has 1 unspecified atom stereocenters. The minimum absolute atomic E-state index is 0.175. The van der Waals surface area contributed by atoms with Gasteiger partial charge in [0.25, 0.3) is 0 Å². The van der Waals surface area contributed by atoms with Gasteiger partial charge in [0.15, 0.2) is 5.60 Å². The van der Waals surface area contributed by atoms with Gasteiger partial charge in [-0.3, -0.25) is 4.79 Å². The molecule has 1 fully saturated rings. The average Bonchev–Trinajstić information content (AvgIpc) is 2.78. The van der Waals surface area contributed by atoms with Crippen LogP contribution in [-0.2, 0) is 15.1 Å². The molecule has 1 aliphatic heterocycles. The maximum absolute atomic E-state index is 12.2. The summed E-state index contributed by atoms with van der Waals surface area (Å²) in [5, 5.41) is 3.96. The van der Waals surface area contributed by atoms with Crippen molar-refractivity contribution in [2.45, 2.75) is 32.8 Å². The molecule has 3 nitrogen and oxygen atoms in total. The van der Waals surface area contributed by atoms with Crippen molar-refractivity contribution in [3.63, 3.8) is 0 Å². The molecule has 1 N–H and O–H groups in total. The number of esters is 1. The Morgan fingerprint density at radius 1 is 1.32 bits per heavy atom. The second-order valence-corrected chi connectivity index (χ2v) is 6.50. The van der Waals surface area contributed by atoms with E-state index in [-0.39, 0.29) is 5.97 Å². The van der Waals surface area contributed by atoms with E-state index in [4.69, 9.17) is 16.3 Å². The second-order valence-electron chi connectivity index (χ2n) is 6.07. The molecule has 1 saturated heterocycles. The second kappa shape index (κ2) is 5.14. The maximum atomic E-state index is 12.2. The van der Waals surface area contributed by atoms with E-state index in [1.165, 1.54) is 0 Å². The number of hydrogen-bond donors (Lipinski definition) is 1. The van der Waals surface area contributed by atoms with Gasteiger partial charge in [-0.25, -0.2) is 0 Å². The molecular weight excluding hydrogens is 262 g/mol. The highest BCUT2D eigenvalue weighted by atomic mass is 35.5. The van der Waals surface area contributed by atoms with Crippen molar-refractivity contribution >= 4 is 17.6 Å². The van der Waals surface area contributed by atoms with E-state index >= 15 is 0 Å². The number of benzene rings is 1. The number of carbonyl (C=O) groups is 1. The van der Waals surface area contributed by atoms with Crippen LogP contribution in [0.2, 0.25) is 5.02 Å². The zero-order valence-electron chi connectivity index (χ0n) is 11.6. The van der Waals surface area contributed by atoms with Crippen molar-refractivity contribution in [2.75, 3.05) is 13.1 Å². The first-order chi connectivity index (χ1) is 8.83. The quantitative estimate of drug-likeness (QED) is 0.847. The van der Waals surface area contributed by atoms with E-state index in [9.17, 15) is 4.79 Å². The third kappa shape index (κ3) is 3.10. The molecule has 19 heavy (non-hydrogen) atoms. The summed E-state index contributed by atoms with van der Waals surface area (Å²) in [5.41, 5.74) is -0.0590. The largest absolute Gasteiger partial charge is 0.452 e. The Kier molecular flexibility index (Phi) is 3.88. The summed E-state index contributed by atoms with van der Waals surface area (Å²) in [6, 6.07) is 7.54. The zero-order valence-corrected chi connectivity index (χ0v) is 12.4. The van der Waals surface area contributed by atoms with Crippen molar-refractivity contribution in [3.05, 3.63) is 34.9 Å². The van der Waals surface area contributed by atoms with E-state index in [2.05, 4.69) is 5.32 Å². The van der Waals surface area contributed by atoms with E-state index in [0.29, 0.717) is 11.6 Å². The summed E-state index contributed by atoms with van der Waals surface area (Å²) in [4.78, 5) is 12.2. The lowest BCUT2D eigenvalue weighted by Crippen LogP contribution is -2.38. The normalized spacial score (nSPS) is 23.4. The Morgan fingerprint density at radius 3 is 2.42 bits per heavy atom. The highest BCUT2D eigenvalue weighted by Gasteiger charge is 2.41. The van der Waals surface area contributed by atoms with Crippen LogP contribution in [-0.4, -0.2) is 19.1 Å². The van der Waals surface area contributed by atoms with E-state index in [0.717, 1.165) is 18.5 Å². The Balaban J connectivity index is 2.28. The van der Waals surface area contributed by atoms with Gasteiger partial charge >= 0.3 is 5.97 Å². The van der Waals surface area contributed by atoms with Crippen LogP contribution in [0, 0.1) is 5.41 Å². The SMILES string of the molecule is CC(C)(C)C(=O)OC1(c2ccc(Cl)cc2)CCNC1. The summed E-state index contributed by atoms with van der Waals surface area (Å²) in [6.45, 7) is 7.10. The number of hydrogen-bond acceptors (Lipinski definition) is 3. The third-order valence-corrected chi connectivity index (χ3v) is 3.64. The smallest absolute Gasteiger partial charge is 0.312 e. The van der Waals surface area contributed by atoms with Crippen LogP contribution in [0.1, 0.15) is 32.8 Å². The summed E-state index contributed by atoms with van der Waals surface area (Å²) >= 11 is 5.92. The fourth-order valence-electron chi connectivity index (χ4n) is 2.15. The average molecular weight is 282 g/mol. The summed E-state index contributed by atoms with van der Waals surface area (Å²) in [6.07, 6.45) is 0.788. The van der Waals surface area contributed by atoms with E-state index < -0.39 is 11.0 Å². The van der Waals surface area contributed by atoms with Gasteiger partial charge in [-0.15, -0.1) is 0 Å². The van der Waals surface area contributed by atoms with Gasteiger partial charge in [-0.05, 0) is 45.0 Å². The molecule has 104 valence electrons. The Labute approximate surface area is 119 Å². The van der Waals surface area contributed by atoms with Crippen LogP contribution in [0.15, 0.2) is 24.3 Å². The first kappa shape index (κ1) is 14.4. The molecular formula is C15H20ClNO2. The number of carbonyl (C=O) groups excluding carboxylic acids is 1. The molecule has 1 atom stereocenters. The van der Waals surface area contributed by atoms with Gasteiger partial charge in [0.05, 0.1) is 5.41 Å². The molecule has 1 heterocycles. The molecule has 0 bridgehead atoms. The Hall–Kier alpha value is -1.06. The molecule has 4 heteroatoms. The lowest BCUT2D eigenvalue weighted by Gasteiger charge is -2.32. The molecule has 1 aliphatic rings. The summed E-state index contributed by atoms with van der Waals surface area (Å²) in [7, 11) is 0. The first-order valence-corrected chi connectivity index (χ1v) is 6.91. The Bertz CT molecular complexity index is 456. The van der Waals surface area contributed by atoms with Gasteiger partial charge in [0.1, 0.15) is 0 Å². The summed E-state index contributed by atoms with van der Waals surface area (Å²) in [5.74, 6) is -0.175. The van der Waals surface area contributed by atoms with Crippen LogP contribution >= 0.6 is 11.6 Å². The van der Waals surface area contributed by atoms with E-state index in [1.54, 1.807) is 0 Å². The number of halogens is 1. The van der Waals surface area contributed by atoms with Gasteiger partial charge in [0, 0.05) is 18.0 Å². The fourth-order valence-corrected chi connectivity index (χ4v) is 2.27. The molecule has 0 aromatic heterocycles. The monoisotopic (exact) mass is 281 g/mol. The molecule has 0 radical (unpaired) electrons. The topological polar surface area (TPSA) is 38.3 Å². The van der Waals surface area contributed by atoms with Crippen LogP contribution in [0.25, 0.3) is 0 Å².